The Balaban J connectivity index is 1.96. The number of halogens is 2. The molecule has 1 atom stereocenters. The molecule has 0 radical (unpaired) electrons. The summed E-state index contributed by atoms with van der Waals surface area (Å²) in [7, 11) is 0. The molecular weight excluding hydrogens is 315 g/mol. The van der Waals surface area contributed by atoms with Gasteiger partial charge in [-0.25, -0.2) is 4.98 Å². The van der Waals surface area contributed by atoms with Crippen molar-refractivity contribution < 1.29 is 4.79 Å². The van der Waals surface area contributed by atoms with E-state index in [0.29, 0.717) is 18.1 Å². The fourth-order valence-electron chi connectivity index (χ4n) is 2.27. The predicted octanol–water partition coefficient (Wildman–Crippen LogP) is 4.23. The van der Waals surface area contributed by atoms with Crippen LogP contribution < -0.4 is 4.90 Å². The minimum absolute atomic E-state index is 0.0518. The maximum Gasteiger partial charge on any atom is 0.237 e. The maximum atomic E-state index is 12.7. The molecule has 6 heteroatoms. The van der Waals surface area contributed by atoms with Gasteiger partial charge in [-0.1, -0.05) is 23.5 Å². The Morgan fingerprint density at radius 2 is 2.10 bits per heavy atom. The fourth-order valence-corrected chi connectivity index (χ4v) is 3.99. The summed E-state index contributed by atoms with van der Waals surface area (Å²) in [6, 6.07) is 7.85. The highest BCUT2D eigenvalue weighted by Gasteiger charge is 2.69. The van der Waals surface area contributed by atoms with Crippen LogP contribution in [0.4, 0.5) is 5.13 Å². The van der Waals surface area contributed by atoms with Crippen LogP contribution in [-0.2, 0) is 4.79 Å². The van der Waals surface area contributed by atoms with Crippen LogP contribution in [0.2, 0.25) is 0 Å². The van der Waals surface area contributed by atoms with E-state index in [2.05, 4.69) is 4.98 Å². The average Bonchev–Trinajstić information content (AvgIpc) is 2.75. The summed E-state index contributed by atoms with van der Waals surface area (Å²) in [6.07, 6.45) is 0.489. The number of aromatic nitrogens is 1. The van der Waals surface area contributed by atoms with E-state index in [9.17, 15) is 4.79 Å². The monoisotopic (exact) mass is 328 g/mol. The number of fused-ring (bicyclic) bond motifs is 1. The molecule has 0 spiro atoms. The number of benzene rings is 1. The molecule has 1 aromatic carbocycles. The van der Waals surface area contributed by atoms with Crippen molar-refractivity contribution in [3.63, 3.8) is 0 Å². The van der Waals surface area contributed by atoms with Crippen molar-refractivity contribution in [1.29, 1.82) is 0 Å². The number of hydrogen-bond acceptors (Lipinski definition) is 3. The first-order chi connectivity index (χ1) is 9.39. The first-order valence-electron chi connectivity index (χ1n) is 6.44. The highest BCUT2D eigenvalue weighted by atomic mass is 35.5. The second-order valence-electron chi connectivity index (χ2n) is 5.23. The van der Waals surface area contributed by atoms with Gasteiger partial charge in [-0.2, -0.15) is 0 Å². The number of carbonyl (C=O) groups is 1. The fraction of sp³-hybridized carbons (Fsp3) is 0.429. The Morgan fingerprint density at radius 1 is 1.45 bits per heavy atom. The number of rotatable bonds is 3. The minimum atomic E-state index is -0.950. The molecule has 1 aromatic heterocycles. The molecule has 1 heterocycles. The largest absolute Gasteiger partial charge is 0.288 e. The lowest BCUT2D eigenvalue weighted by molar-refractivity contribution is -0.123. The molecule has 106 valence electrons. The Hall–Kier alpha value is -0.840. The van der Waals surface area contributed by atoms with Crippen molar-refractivity contribution in [1.82, 2.24) is 4.98 Å². The van der Waals surface area contributed by atoms with Gasteiger partial charge in [0.2, 0.25) is 5.91 Å². The van der Waals surface area contributed by atoms with Crippen molar-refractivity contribution in [2.75, 3.05) is 11.4 Å². The third-order valence-corrected chi connectivity index (χ3v) is 5.97. The molecule has 3 rings (SSSR count). The zero-order valence-electron chi connectivity index (χ0n) is 11.2. The van der Waals surface area contributed by atoms with E-state index in [1.54, 1.807) is 4.90 Å². The van der Waals surface area contributed by atoms with E-state index >= 15 is 0 Å². The van der Waals surface area contributed by atoms with Gasteiger partial charge >= 0.3 is 0 Å². The van der Waals surface area contributed by atoms with Gasteiger partial charge in [-0.3, -0.25) is 9.69 Å². The van der Waals surface area contributed by atoms with Crippen LogP contribution in [0, 0.1) is 5.41 Å². The highest BCUT2D eigenvalue weighted by Crippen LogP contribution is 2.64. The predicted molar refractivity (Wildman–Crippen MR) is 84.8 cm³/mol. The Kier molecular flexibility index (Phi) is 3.23. The molecule has 0 aliphatic heterocycles. The van der Waals surface area contributed by atoms with Gasteiger partial charge in [0.15, 0.2) is 5.13 Å². The Morgan fingerprint density at radius 3 is 2.65 bits per heavy atom. The number of carbonyl (C=O) groups excluding carboxylic acids is 1. The van der Waals surface area contributed by atoms with E-state index in [4.69, 9.17) is 23.2 Å². The number of nitrogens with zero attached hydrogens (tertiary/aromatic N) is 2. The number of thiazole rings is 1. The van der Waals surface area contributed by atoms with Gasteiger partial charge in [-0.05, 0) is 32.4 Å². The maximum absolute atomic E-state index is 12.7. The third kappa shape index (κ3) is 2.01. The summed E-state index contributed by atoms with van der Waals surface area (Å²) < 4.78 is 0.117. The summed E-state index contributed by atoms with van der Waals surface area (Å²) in [5, 5.41) is 0.705. The number of anilines is 1. The van der Waals surface area contributed by atoms with Gasteiger partial charge in [0, 0.05) is 6.54 Å². The summed E-state index contributed by atoms with van der Waals surface area (Å²) >= 11 is 13.7. The van der Waals surface area contributed by atoms with E-state index in [1.165, 1.54) is 11.3 Å². The molecule has 1 aliphatic carbocycles. The lowest BCUT2D eigenvalue weighted by Crippen LogP contribution is -2.38. The van der Waals surface area contributed by atoms with Crippen LogP contribution in [0.1, 0.15) is 20.3 Å². The second-order valence-corrected chi connectivity index (χ2v) is 7.72. The Labute approximate surface area is 131 Å². The smallest absolute Gasteiger partial charge is 0.237 e. The van der Waals surface area contributed by atoms with Crippen molar-refractivity contribution in [3.05, 3.63) is 24.3 Å². The lowest BCUT2D eigenvalue weighted by atomic mass is 10.1. The number of para-hydroxylation sites is 1. The quantitative estimate of drug-likeness (QED) is 0.790. The second kappa shape index (κ2) is 4.58. The van der Waals surface area contributed by atoms with E-state index in [1.807, 2.05) is 38.1 Å². The molecule has 0 saturated heterocycles. The number of amides is 1. The van der Waals surface area contributed by atoms with E-state index < -0.39 is 9.75 Å². The first-order valence-corrected chi connectivity index (χ1v) is 8.01. The van der Waals surface area contributed by atoms with Crippen LogP contribution in [-0.4, -0.2) is 21.8 Å². The van der Waals surface area contributed by atoms with Crippen LogP contribution in [0.5, 0.6) is 0 Å². The van der Waals surface area contributed by atoms with E-state index in [0.717, 1.165) is 10.2 Å². The highest BCUT2D eigenvalue weighted by molar-refractivity contribution is 7.22. The molecule has 1 aliphatic rings. The van der Waals surface area contributed by atoms with Crippen molar-refractivity contribution in [2.24, 2.45) is 5.41 Å². The van der Waals surface area contributed by atoms with Crippen LogP contribution in [0.3, 0.4) is 0 Å². The molecule has 1 saturated carbocycles. The normalized spacial score (nSPS) is 23.8. The van der Waals surface area contributed by atoms with E-state index in [-0.39, 0.29) is 5.91 Å². The SMILES string of the molecule is CCN(C(=O)C1(C)CC1(Cl)Cl)c1nc2ccccc2s1. The number of alkyl halides is 2. The van der Waals surface area contributed by atoms with Gasteiger partial charge < -0.3 is 0 Å². The van der Waals surface area contributed by atoms with Crippen molar-refractivity contribution in [2.45, 2.75) is 24.6 Å². The van der Waals surface area contributed by atoms with Crippen LogP contribution in [0.25, 0.3) is 10.2 Å². The number of hydrogen-bond donors (Lipinski definition) is 0. The zero-order valence-corrected chi connectivity index (χ0v) is 13.5. The summed E-state index contributed by atoms with van der Waals surface area (Å²) in [6.45, 7) is 4.29. The van der Waals surface area contributed by atoms with Gasteiger partial charge in [0.1, 0.15) is 4.33 Å². The average molecular weight is 329 g/mol. The van der Waals surface area contributed by atoms with Gasteiger partial charge in [0.05, 0.1) is 15.6 Å². The Bertz CT molecular complexity index is 652. The van der Waals surface area contributed by atoms with Crippen LogP contribution >= 0.6 is 34.5 Å². The molecule has 3 nitrogen and oxygen atoms in total. The van der Waals surface area contributed by atoms with Gasteiger partial charge in [0.25, 0.3) is 0 Å². The standard InChI is InChI=1S/C14H14Cl2N2OS/c1-3-18(11(19)13(2)8-14(13,15)16)12-17-9-6-4-5-7-10(9)20-12/h4-7H,3,8H2,1-2H3. The lowest BCUT2D eigenvalue weighted by Gasteiger charge is -2.22. The van der Waals surface area contributed by atoms with Crippen LogP contribution in [0.15, 0.2) is 24.3 Å². The molecule has 2 aromatic rings. The molecule has 1 fully saturated rings. The van der Waals surface area contributed by atoms with Crippen molar-refractivity contribution >= 4 is 55.8 Å². The molecule has 0 bridgehead atoms. The summed E-state index contributed by atoms with van der Waals surface area (Å²) in [4.78, 5) is 18.9. The summed E-state index contributed by atoms with van der Waals surface area (Å²) in [5.41, 5.74) is 0.201. The first kappa shape index (κ1) is 14.1. The molecule has 0 N–H and O–H groups in total. The minimum Gasteiger partial charge on any atom is -0.288 e. The van der Waals surface area contributed by atoms with Crippen molar-refractivity contribution in [3.8, 4) is 0 Å². The third-order valence-electron chi connectivity index (χ3n) is 3.80. The molecule has 1 amide bonds. The van der Waals surface area contributed by atoms with Gasteiger partial charge in [-0.15, -0.1) is 23.2 Å². The topological polar surface area (TPSA) is 33.2 Å². The molecule has 20 heavy (non-hydrogen) atoms. The zero-order chi connectivity index (χ0) is 14.5. The summed E-state index contributed by atoms with van der Waals surface area (Å²) in [5.74, 6) is -0.0518. The molecular formula is C14H14Cl2N2OS. The molecule has 1 unspecified atom stereocenters.